The molecule has 8 heteroatoms. The third kappa shape index (κ3) is 6.76. The van der Waals surface area contributed by atoms with Crippen molar-refractivity contribution in [1.82, 2.24) is 9.80 Å². The van der Waals surface area contributed by atoms with Crippen LogP contribution in [0.3, 0.4) is 0 Å². The summed E-state index contributed by atoms with van der Waals surface area (Å²) in [5.41, 5.74) is 1.48. The van der Waals surface area contributed by atoms with Crippen LogP contribution < -0.4 is 4.72 Å². The van der Waals surface area contributed by atoms with Crippen molar-refractivity contribution in [2.45, 2.75) is 6.92 Å². The van der Waals surface area contributed by atoms with Crippen LogP contribution in [0.15, 0.2) is 60.0 Å². The van der Waals surface area contributed by atoms with Crippen molar-refractivity contribution in [2.24, 2.45) is 0 Å². The maximum Gasteiger partial charge on any atom is 0.255 e. The SMILES string of the molecule is CCN(CC(=O)N(C)C)C(=O)c1ccc(NS(=O)(=O)C=Cc2ccccc2)cc1. The van der Waals surface area contributed by atoms with Crippen LogP contribution in [0.25, 0.3) is 6.08 Å². The summed E-state index contributed by atoms with van der Waals surface area (Å²) in [7, 11) is -0.423. The largest absolute Gasteiger partial charge is 0.347 e. The van der Waals surface area contributed by atoms with Gasteiger partial charge in [0.15, 0.2) is 0 Å². The Kier molecular flexibility index (Phi) is 7.55. The van der Waals surface area contributed by atoms with Crippen LogP contribution in [0.1, 0.15) is 22.8 Å². The van der Waals surface area contributed by atoms with Crippen molar-refractivity contribution >= 4 is 33.6 Å². The molecule has 0 aromatic heterocycles. The average molecular weight is 416 g/mol. The molecular weight excluding hydrogens is 390 g/mol. The lowest BCUT2D eigenvalue weighted by Gasteiger charge is -2.22. The molecule has 2 rings (SSSR count). The molecule has 0 fully saturated rings. The lowest BCUT2D eigenvalue weighted by molar-refractivity contribution is -0.129. The summed E-state index contributed by atoms with van der Waals surface area (Å²) >= 11 is 0. The van der Waals surface area contributed by atoms with E-state index in [1.807, 2.05) is 18.2 Å². The van der Waals surface area contributed by atoms with Gasteiger partial charge in [-0.05, 0) is 42.8 Å². The summed E-state index contributed by atoms with van der Waals surface area (Å²) in [6, 6.07) is 15.2. The molecule has 2 aromatic carbocycles. The highest BCUT2D eigenvalue weighted by Gasteiger charge is 2.18. The van der Waals surface area contributed by atoms with E-state index in [9.17, 15) is 18.0 Å². The number of amides is 2. The van der Waals surface area contributed by atoms with E-state index in [1.165, 1.54) is 40.1 Å². The lowest BCUT2D eigenvalue weighted by atomic mass is 10.2. The number of hydrogen-bond donors (Lipinski definition) is 1. The number of nitrogens with one attached hydrogen (secondary N) is 1. The Morgan fingerprint density at radius 3 is 2.17 bits per heavy atom. The average Bonchev–Trinajstić information content (AvgIpc) is 2.71. The molecule has 0 atom stereocenters. The molecule has 1 N–H and O–H groups in total. The summed E-state index contributed by atoms with van der Waals surface area (Å²) in [4.78, 5) is 27.3. The van der Waals surface area contributed by atoms with Gasteiger partial charge in [0.25, 0.3) is 15.9 Å². The van der Waals surface area contributed by atoms with Crippen LogP contribution >= 0.6 is 0 Å². The molecule has 0 bridgehead atoms. The Labute approximate surface area is 171 Å². The lowest BCUT2D eigenvalue weighted by Crippen LogP contribution is -2.40. The van der Waals surface area contributed by atoms with Crippen LogP contribution in [0, 0.1) is 0 Å². The predicted molar refractivity (Wildman–Crippen MR) is 115 cm³/mol. The van der Waals surface area contributed by atoms with Gasteiger partial charge in [0, 0.05) is 31.9 Å². The Morgan fingerprint density at radius 2 is 1.62 bits per heavy atom. The highest BCUT2D eigenvalue weighted by molar-refractivity contribution is 7.95. The molecule has 2 amide bonds. The summed E-state index contributed by atoms with van der Waals surface area (Å²) in [6.07, 6.45) is 1.50. The number of nitrogens with zero attached hydrogens (tertiary/aromatic N) is 2. The fourth-order valence-electron chi connectivity index (χ4n) is 2.43. The van der Waals surface area contributed by atoms with Gasteiger partial charge >= 0.3 is 0 Å². The fourth-order valence-corrected chi connectivity index (χ4v) is 3.29. The zero-order valence-electron chi connectivity index (χ0n) is 16.7. The van der Waals surface area contributed by atoms with E-state index in [-0.39, 0.29) is 18.4 Å². The topological polar surface area (TPSA) is 86.8 Å². The number of rotatable bonds is 8. The number of carbonyl (C=O) groups excluding carboxylic acids is 2. The first-order valence-corrected chi connectivity index (χ1v) is 10.6. The van der Waals surface area contributed by atoms with Crippen molar-refractivity contribution in [3.8, 4) is 0 Å². The van der Waals surface area contributed by atoms with Crippen LogP contribution in [0.5, 0.6) is 0 Å². The van der Waals surface area contributed by atoms with Gasteiger partial charge in [-0.2, -0.15) is 0 Å². The zero-order chi connectivity index (χ0) is 21.4. The van der Waals surface area contributed by atoms with Gasteiger partial charge in [-0.3, -0.25) is 14.3 Å². The van der Waals surface area contributed by atoms with Crippen molar-refractivity contribution in [2.75, 3.05) is 31.9 Å². The summed E-state index contributed by atoms with van der Waals surface area (Å²) < 4.78 is 26.9. The Hall–Kier alpha value is -3.13. The molecular formula is C21H25N3O4S. The third-order valence-corrected chi connectivity index (χ3v) is 5.14. The Morgan fingerprint density at radius 1 is 1.00 bits per heavy atom. The molecule has 7 nitrogen and oxygen atoms in total. The number of likely N-dealkylation sites (N-methyl/N-ethyl adjacent to an activating group) is 2. The smallest absolute Gasteiger partial charge is 0.255 e. The van der Waals surface area contributed by atoms with Crippen LogP contribution in [-0.4, -0.2) is 57.2 Å². The number of benzene rings is 2. The fraction of sp³-hybridized carbons (Fsp3) is 0.238. The Balaban J connectivity index is 2.06. The Bertz CT molecular complexity index is 969. The molecule has 0 radical (unpaired) electrons. The molecule has 0 aliphatic carbocycles. The van der Waals surface area contributed by atoms with Gasteiger partial charge in [-0.1, -0.05) is 30.3 Å². The van der Waals surface area contributed by atoms with E-state index < -0.39 is 10.0 Å². The van der Waals surface area contributed by atoms with E-state index in [1.54, 1.807) is 33.2 Å². The predicted octanol–water partition coefficient (Wildman–Crippen LogP) is 2.65. The van der Waals surface area contributed by atoms with Gasteiger partial charge < -0.3 is 9.80 Å². The molecule has 0 aliphatic rings. The van der Waals surface area contributed by atoms with Gasteiger partial charge in [0.05, 0.1) is 12.0 Å². The van der Waals surface area contributed by atoms with E-state index in [2.05, 4.69) is 4.72 Å². The molecule has 0 aliphatic heterocycles. The zero-order valence-corrected chi connectivity index (χ0v) is 17.5. The van der Waals surface area contributed by atoms with E-state index in [4.69, 9.17) is 0 Å². The first-order valence-electron chi connectivity index (χ1n) is 9.07. The second kappa shape index (κ2) is 9.88. The first-order chi connectivity index (χ1) is 13.7. The van der Waals surface area contributed by atoms with Crippen LogP contribution in [0.2, 0.25) is 0 Å². The molecule has 29 heavy (non-hydrogen) atoms. The van der Waals surface area contributed by atoms with E-state index in [0.29, 0.717) is 17.8 Å². The minimum Gasteiger partial charge on any atom is -0.347 e. The summed E-state index contributed by atoms with van der Waals surface area (Å²) in [6.45, 7) is 2.17. The van der Waals surface area contributed by atoms with Gasteiger partial charge in [-0.25, -0.2) is 8.42 Å². The molecule has 154 valence electrons. The minimum absolute atomic E-state index is 0.0129. The molecule has 0 heterocycles. The maximum absolute atomic E-state index is 12.6. The third-order valence-electron chi connectivity index (χ3n) is 4.13. The van der Waals surface area contributed by atoms with Gasteiger partial charge in [-0.15, -0.1) is 0 Å². The molecule has 0 unspecified atom stereocenters. The van der Waals surface area contributed by atoms with Crippen LogP contribution in [-0.2, 0) is 14.8 Å². The number of hydrogen-bond acceptors (Lipinski definition) is 4. The normalized spacial score (nSPS) is 11.3. The number of anilines is 1. The quantitative estimate of drug-likeness (QED) is 0.718. The number of carbonyl (C=O) groups is 2. The second-order valence-electron chi connectivity index (χ2n) is 6.55. The van der Waals surface area contributed by atoms with Crippen molar-refractivity contribution < 1.29 is 18.0 Å². The minimum atomic E-state index is -3.69. The van der Waals surface area contributed by atoms with Crippen molar-refractivity contribution in [1.29, 1.82) is 0 Å². The second-order valence-corrected chi connectivity index (χ2v) is 8.11. The monoisotopic (exact) mass is 415 g/mol. The summed E-state index contributed by atoms with van der Waals surface area (Å²) in [5.74, 6) is -0.462. The van der Waals surface area contributed by atoms with Gasteiger partial charge in [0.2, 0.25) is 5.91 Å². The number of sulfonamides is 1. The van der Waals surface area contributed by atoms with Crippen LogP contribution in [0.4, 0.5) is 5.69 Å². The van der Waals surface area contributed by atoms with Gasteiger partial charge in [0.1, 0.15) is 0 Å². The highest BCUT2D eigenvalue weighted by atomic mass is 32.2. The summed E-state index contributed by atoms with van der Waals surface area (Å²) in [5, 5.41) is 1.09. The maximum atomic E-state index is 12.6. The van der Waals surface area contributed by atoms with Crippen molar-refractivity contribution in [3.63, 3.8) is 0 Å². The molecule has 2 aromatic rings. The van der Waals surface area contributed by atoms with E-state index in [0.717, 1.165) is 11.0 Å². The first kappa shape index (κ1) is 22.2. The van der Waals surface area contributed by atoms with Crippen molar-refractivity contribution in [3.05, 3.63) is 71.1 Å². The van der Waals surface area contributed by atoms with E-state index >= 15 is 0 Å². The highest BCUT2D eigenvalue weighted by Crippen LogP contribution is 2.14. The molecule has 0 saturated heterocycles. The molecule has 0 saturated carbocycles. The standard InChI is InChI=1S/C21H25N3O4S/c1-4-24(16-20(25)23(2)3)21(26)18-10-12-19(13-11-18)22-29(27,28)15-14-17-8-6-5-7-9-17/h5-15,22H,4,16H2,1-3H3. The molecule has 0 spiro atoms.